The molecule has 0 spiro atoms. The van der Waals surface area contributed by atoms with Crippen molar-refractivity contribution in [3.63, 3.8) is 0 Å². The van der Waals surface area contributed by atoms with Crippen LogP contribution in [0, 0.1) is 5.92 Å². The summed E-state index contributed by atoms with van der Waals surface area (Å²) in [5.74, 6) is 0.0113. The van der Waals surface area contributed by atoms with E-state index in [-0.39, 0.29) is 10.7 Å². The van der Waals surface area contributed by atoms with Crippen LogP contribution in [0.1, 0.15) is 19.4 Å². The number of carbonyl (C=O) groups excluding carboxylic acids is 2. The third kappa shape index (κ3) is 4.71. The molecule has 33 heavy (non-hydrogen) atoms. The summed E-state index contributed by atoms with van der Waals surface area (Å²) in [4.78, 5) is 30.0. The lowest BCUT2D eigenvalue weighted by Gasteiger charge is -2.36. The van der Waals surface area contributed by atoms with Gasteiger partial charge in [-0.2, -0.15) is 0 Å². The first-order valence-corrected chi connectivity index (χ1v) is 11.1. The SMILES string of the molecule is CC(C)COc1ccccc1C=C1C(=O)N(c2ccccc2)C(=S)N(c2ccccc2)C1=O. The third-order valence-electron chi connectivity index (χ3n) is 5.07. The molecule has 4 rings (SSSR count). The fraction of sp³-hybridized carbons (Fsp3) is 0.148. The largest absolute Gasteiger partial charge is 0.493 e. The number of para-hydroxylation sites is 3. The number of rotatable bonds is 6. The zero-order chi connectivity index (χ0) is 23.4. The standard InChI is InChI=1S/C27H24N2O3S/c1-19(2)18-32-24-16-10-9-11-20(24)17-23-25(30)28(21-12-5-3-6-13-21)27(33)29(26(23)31)22-14-7-4-8-15-22/h3-17,19H,18H2,1-2H3. The van der Waals surface area contributed by atoms with Crippen LogP contribution in [0.3, 0.4) is 0 Å². The number of benzene rings is 3. The Labute approximate surface area is 198 Å². The van der Waals surface area contributed by atoms with E-state index in [1.54, 1.807) is 30.3 Å². The van der Waals surface area contributed by atoms with Crippen molar-refractivity contribution >= 4 is 46.6 Å². The van der Waals surface area contributed by atoms with Crippen molar-refractivity contribution in [1.29, 1.82) is 0 Å². The molecule has 1 saturated heterocycles. The van der Waals surface area contributed by atoms with E-state index in [9.17, 15) is 9.59 Å². The normalized spacial score (nSPS) is 14.2. The second-order valence-corrected chi connectivity index (χ2v) is 8.40. The lowest BCUT2D eigenvalue weighted by atomic mass is 10.0. The van der Waals surface area contributed by atoms with Gasteiger partial charge in [0.2, 0.25) is 0 Å². The molecule has 0 radical (unpaired) electrons. The van der Waals surface area contributed by atoms with Crippen molar-refractivity contribution in [1.82, 2.24) is 0 Å². The first kappa shape index (κ1) is 22.4. The van der Waals surface area contributed by atoms with Crippen LogP contribution in [0.2, 0.25) is 0 Å². The van der Waals surface area contributed by atoms with Crippen LogP contribution in [0.5, 0.6) is 5.75 Å². The van der Waals surface area contributed by atoms with Crippen molar-refractivity contribution in [2.24, 2.45) is 5.92 Å². The summed E-state index contributed by atoms with van der Waals surface area (Å²) in [6.45, 7) is 4.65. The maximum Gasteiger partial charge on any atom is 0.270 e. The van der Waals surface area contributed by atoms with Crippen LogP contribution in [0.4, 0.5) is 11.4 Å². The molecule has 1 fully saturated rings. The van der Waals surface area contributed by atoms with Gasteiger partial charge in [0.15, 0.2) is 5.11 Å². The summed E-state index contributed by atoms with van der Waals surface area (Å²) in [5, 5.41) is 0.115. The highest BCUT2D eigenvalue weighted by Gasteiger charge is 2.41. The Morgan fingerprint density at radius 1 is 0.788 bits per heavy atom. The maximum atomic E-state index is 13.6. The molecule has 5 nitrogen and oxygen atoms in total. The number of thiocarbonyl (C=S) groups is 1. The molecule has 3 aromatic rings. The Morgan fingerprint density at radius 2 is 1.27 bits per heavy atom. The summed E-state index contributed by atoms with van der Waals surface area (Å²) in [5.41, 5.74) is 1.85. The van der Waals surface area contributed by atoms with Crippen molar-refractivity contribution in [2.45, 2.75) is 13.8 Å². The molecule has 1 heterocycles. The Hall–Kier alpha value is -3.77. The van der Waals surface area contributed by atoms with Gasteiger partial charge in [-0.15, -0.1) is 0 Å². The Morgan fingerprint density at radius 3 is 1.79 bits per heavy atom. The average Bonchev–Trinajstić information content (AvgIpc) is 2.82. The molecule has 0 aliphatic carbocycles. The van der Waals surface area contributed by atoms with E-state index < -0.39 is 11.8 Å². The highest BCUT2D eigenvalue weighted by molar-refractivity contribution is 7.81. The molecule has 0 bridgehead atoms. The van der Waals surface area contributed by atoms with Gasteiger partial charge in [-0.3, -0.25) is 19.4 Å². The fourth-order valence-corrected chi connectivity index (χ4v) is 3.86. The molecule has 166 valence electrons. The predicted molar refractivity (Wildman–Crippen MR) is 135 cm³/mol. The van der Waals surface area contributed by atoms with Crippen molar-refractivity contribution < 1.29 is 14.3 Å². The molecule has 2 amide bonds. The molecule has 3 aromatic carbocycles. The third-order valence-corrected chi connectivity index (χ3v) is 5.43. The van der Waals surface area contributed by atoms with Crippen molar-refractivity contribution in [2.75, 3.05) is 16.4 Å². The van der Waals surface area contributed by atoms with Gasteiger partial charge < -0.3 is 4.74 Å². The molecular weight excluding hydrogens is 432 g/mol. The van der Waals surface area contributed by atoms with Gasteiger partial charge in [0, 0.05) is 5.56 Å². The Balaban J connectivity index is 1.83. The van der Waals surface area contributed by atoms with Gasteiger partial charge >= 0.3 is 0 Å². The van der Waals surface area contributed by atoms with Crippen LogP contribution in [0.15, 0.2) is 90.5 Å². The lowest BCUT2D eigenvalue weighted by molar-refractivity contribution is -0.120. The fourth-order valence-electron chi connectivity index (χ4n) is 3.48. The second-order valence-electron chi connectivity index (χ2n) is 8.04. The van der Waals surface area contributed by atoms with Gasteiger partial charge in [0.1, 0.15) is 11.3 Å². The zero-order valence-corrected chi connectivity index (χ0v) is 19.3. The molecule has 0 saturated carbocycles. The van der Waals surface area contributed by atoms with E-state index in [1.165, 1.54) is 9.80 Å². The molecule has 0 atom stereocenters. The predicted octanol–water partition coefficient (Wildman–Crippen LogP) is 5.47. The topological polar surface area (TPSA) is 49.9 Å². The second kappa shape index (κ2) is 9.79. The molecule has 1 aliphatic rings. The summed E-state index contributed by atoms with van der Waals surface area (Å²) < 4.78 is 5.93. The van der Waals surface area contributed by atoms with Gasteiger partial charge in [0.05, 0.1) is 18.0 Å². The first-order valence-electron chi connectivity index (χ1n) is 10.7. The number of amides is 2. The van der Waals surface area contributed by atoms with Crippen LogP contribution in [-0.2, 0) is 9.59 Å². The van der Waals surface area contributed by atoms with Gasteiger partial charge in [0.25, 0.3) is 11.8 Å². The summed E-state index contributed by atoms with van der Waals surface area (Å²) in [7, 11) is 0. The van der Waals surface area contributed by atoms with Gasteiger partial charge in [-0.25, -0.2) is 0 Å². The smallest absolute Gasteiger partial charge is 0.270 e. The van der Waals surface area contributed by atoms with Gasteiger partial charge in [-0.1, -0.05) is 68.4 Å². The van der Waals surface area contributed by atoms with Crippen molar-refractivity contribution in [3.05, 3.63) is 96.1 Å². The van der Waals surface area contributed by atoms with E-state index in [2.05, 4.69) is 13.8 Å². The number of anilines is 2. The van der Waals surface area contributed by atoms with Crippen LogP contribution in [-0.4, -0.2) is 23.5 Å². The molecule has 6 heteroatoms. The van der Waals surface area contributed by atoms with E-state index in [0.29, 0.717) is 35.2 Å². The molecule has 0 aromatic heterocycles. The van der Waals surface area contributed by atoms with Crippen LogP contribution < -0.4 is 14.5 Å². The average molecular weight is 457 g/mol. The van der Waals surface area contributed by atoms with Crippen LogP contribution >= 0.6 is 12.2 Å². The monoisotopic (exact) mass is 456 g/mol. The number of hydrogen-bond donors (Lipinski definition) is 0. The highest BCUT2D eigenvalue weighted by atomic mass is 32.1. The molecule has 0 unspecified atom stereocenters. The number of carbonyl (C=O) groups is 2. The van der Waals surface area contributed by atoms with E-state index in [0.717, 1.165) is 0 Å². The molecular formula is C27H24N2O3S. The lowest BCUT2D eigenvalue weighted by Crippen LogP contribution is -2.56. The zero-order valence-electron chi connectivity index (χ0n) is 18.5. The minimum absolute atomic E-state index is 0.0110. The van der Waals surface area contributed by atoms with Crippen molar-refractivity contribution in [3.8, 4) is 5.75 Å². The number of hydrogen-bond acceptors (Lipinski definition) is 4. The van der Waals surface area contributed by atoms with E-state index in [1.807, 2.05) is 60.7 Å². The quantitative estimate of drug-likeness (QED) is 0.280. The summed E-state index contributed by atoms with van der Waals surface area (Å²) in [6.07, 6.45) is 1.59. The van der Waals surface area contributed by atoms with Crippen LogP contribution in [0.25, 0.3) is 6.08 Å². The highest BCUT2D eigenvalue weighted by Crippen LogP contribution is 2.31. The number of ether oxygens (including phenoxy) is 1. The summed E-state index contributed by atoms with van der Waals surface area (Å²) in [6, 6.07) is 25.6. The maximum absolute atomic E-state index is 13.6. The Kier molecular flexibility index (Phi) is 6.66. The minimum atomic E-state index is -0.470. The van der Waals surface area contributed by atoms with Gasteiger partial charge in [-0.05, 0) is 54.5 Å². The number of nitrogens with zero attached hydrogens (tertiary/aromatic N) is 2. The Bertz CT molecular complexity index is 1140. The molecule has 0 N–H and O–H groups in total. The first-order chi connectivity index (χ1) is 16.0. The van der Waals surface area contributed by atoms with E-state index >= 15 is 0 Å². The summed E-state index contributed by atoms with van der Waals surface area (Å²) >= 11 is 5.64. The van der Waals surface area contributed by atoms with E-state index in [4.69, 9.17) is 17.0 Å². The molecule has 1 aliphatic heterocycles. The minimum Gasteiger partial charge on any atom is -0.493 e.